The van der Waals surface area contributed by atoms with Crippen molar-refractivity contribution in [2.45, 2.75) is 26.7 Å². The first-order valence-corrected chi connectivity index (χ1v) is 11.4. The monoisotopic (exact) mass is 468 g/mol. The normalized spacial score (nSPS) is 13.5. The SMILES string of the molecule is CCCOc1ccc(C2=C(Nc3ccc(OC)cc3OC)C(=O)N(CCCOCC)C2=O)cc1. The van der Waals surface area contributed by atoms with Crippen LogP contribution in [0.25, 0.3) is 5.57 Å². The van der Waals surface area contributed by atoms with Crippen LogP contribution in [0.5, 0.6) is 17.2 Å². The number of hydrogen-bond donors (Lipinski definition) is 1. The van der Waals surface area contributed by atoms with Crippen molar-refractivity contribution in [2.75, 3.05) is 45.9 Å². The maximum Gasteiger partial charge on any atom is 0.278 e. The zero-order valence-corrected chi connectivity index (χ0v) is 20.2. The van der Waals surface area contributed by atoms with Gasteiger partial charge in [-0.15, -0.1) is 0 Å². The lowest BCUT2D eigenvalue weighted by Gasteiger charge is -2.16. The van der Waals surface area contributed by atoms with Gasteiger partial charge in [0.1, 0.15) is 22.9 Å². The van der Waals surface area contributed by atoms with Crippen molar-refractivity contribution in [1.29, 1.82) is 0 Å². The van der Waals surface area contributed by atoms with E-state index in [9.17, 15) is 9.59 Å². The number of methoxy groups -OCH3 is 2. The lowest BCUT2D eigenvalue weighted by atomic mass is 10.0. The quantitative estimate of drug-likeness (QED) is 0.350. The van der Waals surface area contributed by atoms with Crippen molar-refractivity contribution in [1.82, 2.24) is 4.90 Å². The van der Waals surface area contributed by atoms with E-state index in [1.165, 1.54) is 12.0 Å². The number of anilines is 1. The van der Waals surface area contributed by atoms with Gasteiger partial charge in [0.2, 0.25) is 0 Å². The first-order valence-electron chi connectivity index (χ1n) is 11.4. The molecule has 34 heavy (non-hydrogen) atoms. The van der Waals surface area contributed by atoms with Crippen LogP contribution in [0, 0.1) is 0 Å². The van der Waals surface area contributed by atoms with Crippen molar-refractivity contribution < 1.29 is 28.5 Å². The van der Waals surface area contributed by atoms with Crippen LogP contribution >= 0.6 is 0 Å². The predicted molar refractivity (Wildman–Crippen MR) is 130 cm³/mol. The summed E-state index contributed by atoms with van der Waals surface area (Å²) in [5.41, 5.74) is 1.69. The highest BCUT2D eigenvalue weighted by Gasteiger charge is 2.39. The Balaban J connectivity index is 1.96. The van der Waals surface area contributed by atoms with E-state index in [1.807, 2.05) is 13.8 Å². The number of rotatable bonds is 13. The second kappa shape index (κ2) is 12.1. The van der Waals surface area contributed by atoms with Gasteiger partial charge in [-0.1, -0.05) is 19.1 Å². The molecule has 0 atom stereocenters. The number of nitrogens with zero attached hydrogens (tertiary/aromatic N) is 1. The molecule has 0 spiro atoms. The third kappa shape index (κ3) is 5.69. The second-order valence-electron chi connectivity index (χ2n) is 7.63. The van der Waals surface area contributed by atoms with Gasteiger partial charge in [0, 0.05) is 25.8 Å². The van der Waals surface area contributed by atoms with Crippen molar-refractivity contribution >= 4 is 23.1 Å². The van der Waals surface area contributed by atoms with Crippen LogP contribution in [0.3, 0.4) is 0 Å². The van der Waals surface area contributed by atoms with Crippen LogP contribution in [-0.4, -0.2) is 57.3 Å². The fourth-order valence-corrected chi connectivity index (χ4v) is 3.61. The van der Waals surface area contributed by atoms with Gasteiger partial charge in [0.25, 0.3) is 11.8 Å². The zero-order valence-electron chi connectivity index (χ0n) is 20.2. The van der Waals surface area contributed by atoms with Gasteiger partial charge in [0.05, 0.1) is 32.1 Å². The highest BCUT2D eigenvalue weighted by Crippen LogP contribution is 2.35. The average Bonchev–Trinajstić information content (AvgIpc) is 3.09. The van der Waals surface area contributed by atoms with Crippen LogP contribution in [0.4, 0.5) is 5.69 Å². The van der Waals surface area contributed by atoms with Gasteiger partial charge in [-0.05, 0) is 49.6 Å². The molecule has 2 aromatic rings. The Labute approximate surface area is 200 Å². The van der Waals surface area contributed by atoms with Gasteiger partial charge < -0.3 is 24.3 Å². The first-order chi connectivity index (χ1) is 16.5. The minimum Gasteiger partial charge on any atom is -0.497 e. The molecule has 182 valence electrons. The highest BCUT2D eigenvalue weighted by molar-refractivity contribution is 6.36. The summed E-state index contributed by atoms with van der Waals surface area (Å²) < 4.78 is 21.8. The number of hydrogen-bond acceptors (Lipinski definition) is 7. The number of nitrogens with one attached hydrogen (secondary N) is 1. The fourth-order valence-electron chi connectivity index (χ4n) is 3.61. The van der Waals surface area contributed by atoms with Crippen molar-refractivity contribution in [3.8, 4) is 17.2 Å². The van der Waals surface area contributed by atoms with E-state index < -0.39 is 0 Å². The maximum atomic E-state index is 13.4. The Morgan fingerprint density at radius 1 is 0.882 bits per heavy atom. The largest absolute Gasteiger partial charge is 0.497 e. The molecule has 8 nitrogen and oxygen atoms in total. The summed E-state index contributed by atoms with van der Waals surface area (Å²) in [5.74, 6) is 1.08. The molecule has 1 heterocycles. The lowest BCUT2D eigenvalue weighted by molar-refractivity contribution is -0.137. The molecule has 0 saturated carbocycles. The molecule has 1 N–H and O–H groups in total. The number of ether oxygens (including phenoxy) is 4. The number of carbonyl (C=O) groups is 2. The Hall–Kier alpha value is -3.52. The van der Waals surface area contributed by atoms with Crippen LogP contribution in [-0.2, 0) is 14.3 Å². The second-order valence-corrected chi connectivity index (χ2v) is 7.63. The van der Waals surface area contributed by atoms with Crippen LogP contribution in [0.15, 0.2) is 48.2 Å². The standard InChI is InChI=1S/C26H32N2O6/c1-5-15-34-19-10-8-18(9-11-19)23-24(26(30)28(25(23)29)14-7-16-33-6-2)27-21-13-12-20(31-3)17-22(21)32-4/h8-13,17,27H,5-7,14-16H2,1-4H3. The summed E-state index contributed by atoms with van der Waals surface area (Å²) in [6.45, 7) is 5.88. The summed E-state index contributed by atoms with van der Waals surface area (Å²) in [4.78, 5) is 28.0. The summed E-state index contributed by atoms with van der Waals surface area (Å²) in [5, 5.41) is 3.15. The van der Waals surface area contributed by atoms with E-state index in [1.54, 1.807) is 49.6 Å². The van der Waals surface area contributed by atoms with Crippen molar-refractivity contribution in [3.63, 3.8) is 0 Å². The third-order valence-corrected chi connectivity index (χ3v) is 5.33. The van der Waals surface area contributed by atoms with Gasteiger partial charge in [-0.3, -0.25) is 14.5 Å². The van der Waals surface area contributed by atoms with Gasteiger partial charge in [0.15, 0.2) is 0 Å². The molecule has 1 aliphatic heterocycles. The summed E-state index contributed by atoms with van der Waals surface area (Å²) in [6.07, 6.45) is 1.45. The van der Waals surface area contributed by atoms with E-state index in [2.05, 4.69) is 5.32 Å². The molecule has 0 fully saturated rings. The smallest absolute Gasteiger partial charge is 0.278 e. The predicted octanol–water partition coefficient (Wildman–Crippen LogP) is 4.11. The maximum absolute atomic E-state index is 13.4. The summed E-state index contributed by atoms with van der Waals surface area (Å²) >= 11 is 0. The fraction of sp³-hybridized carbons (Fsp3) is 0.385. The minimum absolute atomic E-state index is 0.201. The molecule has 0 saturated heterocycles. The Morgan fingerprint density at radius 2 is 1.62 bits per heavy atom. The lowest BCUT2D eigenvalue weighted by Crippen LogP contribution is -2.34. The van der Waals surface area contributed by atoms with E-state index >= 15 is 0 Å². The van der Waals surface area contributed by atoms with Crippen molar-refractivity contribution in [3.05, 3.63) is 53.7 Å². The molecule has 0 radical (unpaired) electrons. The third-order valence-electron chi connectivity index (χ3n) is 5.33. The highest BCUT2D eigenvalue weighted by atomic mass is 16.5. The Bertz CT molecular complexity index is 1030. The van der Waals surface area contributed by atoms with Crippen LogP contribution in [0.1, 0.15) is 32.3 Å². The van der Waals surface area contributed by atoms with Crippen molar-refractivity contribution in [2.24, 2.45) is 0 Å². The molecule has 0 aliphatic carbocycles. The molecular formula is C26H32N2O6. The number of imide groups is 1. The molecule has 8 heteroatoms. The molecule has 1 aliphatic rings. The van der Waals surface area contributed by atoms with E-state index in [-0.39, 0.29) is 24.1 Å². The summed E-state index contributed by atoms with van der Waals surface area (Å²) in [7, 11) is 3.10. The van der Waals surface area contributed by atoms with Crippen LogP contribution in [0.2, 0.25) is 0 Å². The van der Waals surface area contributed by atoms with Gasteiger partial charge in [-0.2, -0.15) is 0 Å². The molecule has 2 aromatic carbocycles. The van der Waals surface area contributed by atoms with E-state index in [0.717, 1.165) is 6.42 Å². The molecule has 2 amide bonds. The molecule has 3 rings (SSSR count). The number of amides is 2. The average molecular weight is 469 g/mol. The molecule has 0 unspecified atom stereocenters. The summed E-state index contributed by atoms with van der Waals surface area (Å²) in [6, 6.07) is 12.4. The van der Waals surface area contributed by atoms with E-state index in [0.29, 0.717) is 60.3 Å². The van der Waals surface area contributed by atoms with Gasteiger partial charge >= 0.3 is 0 Å². The Kier molecular flexibility index (Phi) is 8.93. The first kappa shape index (κ1) is 25.1. The number of benzene rings is 2. The minimum atomic E-state index is -0.388. The molecule has 0 aromatic heterocycles. The zero-order chi connectivity index (χ0) is 24.5. The molecular weight excluding hydrogens is 436 g/mol. The Morgan fingerprint density at radius 3 is 2.26 bits per heavy atom. The molecule has 0 bridgehead atoms. The van der Waals surface area contributed by atoms with Gasteiger partial charge in [-0.25, -0.2) is 0 Å². The topological polar surface area (TPSA) is 86.3 Å². The van der Waals surface area contributed by atoms with E-state index in [4.69, 9.17) is 18.9 Å². The number of carbonyl (C=O) groups excluding carboxylic acids is 2. The van der Waals surface area contributed by atoms with Crippen LogP contribution < -0.4 is 19.5 Å².